The maximum atomic E-state index is 12.4. The summed E-state index contributed by atoms with van der Waals surface area (Å²) >= 11 is 11.6. The molecule has 0 bridgehead atoms. The van der Waals surface area contributed by atoms with Gasteiger partial charge in [-0.15, -0.1) is 0 Å². The van der Waals surface area contributed by atoms with Crippen molar-refractivity contribution in [3.05, 3.63) is 58.1 Å². The lowest BCUT2D eigenvalue weighted by molar-refractivity contribution is -0.144. The zero-order valence-corrected chi connectivity index (χ0v) is 19.7. The maximum absolute atomic E-state index is 12.4. The molecule has 172 valence electrons. The van der Waals surface area contributed by atoms with Gasteiger partial charge in [0, 0.05) is 17.7 Å². The normalized spacial score (nSPS) is 12.1. The summed E-state index contributed by atoms with van der Waals surface area (Å²) in [5, 5.41) is 2.93. The quantitative estimate of drug-likeness (QED) is 0.378. The second kappa shape index (κ2) is 11.4. The lowest BCUT2D eigenvalue weighted by atomic mass is 10.1. The molecule has 0 aliphatic heterocycles. The van der Waals surface area contributed by atoms with Gasteiger partial charge in [-0.25, -0.2) is 8.42 Å². The lowest BCUT2D eigenvalue weighted by Gasteiger charge is -2.14. The molecule has 2 aromatic rings. The van der Waals surface area contributed by atoms with Crippen LogP contribution < -0.4 is 10.0 Å². The van der Waals surface area contributed by atoms with Crippen LogP contribution in [0.1, 0.15) is 37.0 Å². The predicted molar refractivity (Wildman–Crippen MR) is 122 cm³/mol. The van der Waals surface area contributed by atoms with Crippen molar-refractivity contribution in [1.29, 1.82) is 0 Å². The Labute approximate surface area is 196 Å². The first-order valence-electron chi connectivity index (χ1n) is 9.60. The number of ether oxygens (including phenoxy) is 1. The van der Waals surface area contributed by atoms with Crippen molar-refractivity contribution < 1.29 is 27.5 Å². The van der Waals surface area contributed by atoms with Crippen LogP contribution in [0.3, 0.4) is 0 Å². The van der Waals surface area contributed by atoms with Gasteiger partial charge >= 0.3 is 5.97 Å². The van der Waals surface area contributed by atoms with Crippen molar-refractivity contribution >= 4 is 56.6 Å². The molecule has 0 unspecified atom stereocenters. The highest BCUT2D eigenvalue weighted by Crippen LogP contribution is 2.24. The summed E-state index contributed by atoms with van der Waals surface area (Å²) in [4.78, 5) is 35.8. The molecule has 0 aromatic heterocycles. The van der Waals surface area contributed by atoms with E-state index in [1.165, 1.54) is 31.2 Å². The summed E-state index contributed by atoms with van der Waals surface area (Å²) in [7, 11) is -4.07. The van der Waals surface area contributed by atoms with E-state index >= 15 is 0 Å². The first-order valence-corrected chi connectivity index (χ1v) is 11.8. The smallest absolute Gasteiger partial charge is 0.324 e. The van der Waals surface area contributed by atoms with Crippen LogP contribution in [0.15, 0.2) is 47.4 Å². The molecule has 1 atom stereocenters. The van der Waals surface area contributed by atoms with E-state index in [-0.39, 0.29) is 26.4 Å². The van der Waals surface area contributed by atoms with Crippen molar-refractivity contribution in [2.24, 2.45) is 0 Å². The first-order chi connectivity index (χ1) is 15.0. The highest BCUT2D eigenvalue weighted by atomic mass is 35.5. The van der Waals surface area contributed by atoms with E-state index in [9.17, 15) is 22.8 Å². The van der Waals surface area contributed by atoms with Crippen LogP contribution in [0.2, 0.25) is 10.0 Å². The fourth-order valence-corrected chi connectivity index (χ4v) is 4.11. The Bertz CT molecular complexity index is 1100. The largest absolute Gasteiger partial charge is 0.456 e. The molecule has 0 heterocycles. The van der Waals surface area contributed by atoms with Crippen molar-refractivity contribution in [2.75, 3.05) is 11.9 Å². The number of halogens is 2. The molecule has 0 saturated carbocycles. The number of Topliss-reactive ketones (excluding diaryl/α,β-unsaturated/α-hetero) is 1. The number of nitrogens with one attached hydrogen (secondary N) is 2. The second-order valence-corrected chi connectivity index (χ2v) is 9.35. The van der Waals surface area contributed by atoms with E-state index in [0.29, 0.717) is 12.1 Å². The molecule has 1 amide bonds. The minimum absolute atomic E-state index is 0.0475. The Morgan fingerprint density at radius 1 is 1.03 bits per heavy atom. The Balaban J connectivity index is 1.91. The third kappa shape index (κ3) is 7.30. The SMILES string of the molecule is CCCC(=O)Nc1ccc(C(=O)COC(=O)[C@H](C)NS(=O)(=O)c2ccc(Cl)c(Cl)c2)cc1. The molecule has 2 N–H and O–H groups in total. The highest BCUT2D eigenvalue weighted by Gasteiger charge is 2.24. The molecular weight excluding hydrogens is 479 g/mol. The van der Waals surface area contributed by atoms with Gasteiger partial charge in [0.05, 0.1) is 14.9 Å². The molecule has 11 heteroatoms. The molecule has 0 saturated heterocycles. The molecule has 0 aliphatic carbocycles. The van der Waals surface area contributed by atoms with Gasteiger partial charge in [-0.1, -0.05) is 30.1 Å². The number of anilines is 1. The van der Waals surface area contributed by atoms with Gasteiger partial charge in [0.2, 0.25) is 15.9 Å². The molecule has 0 aliphatic rings. The van der Waals surface area contributed by atoms with Crippen LogP contribution in [-0.4, -0.2) is 38.7 Å². The maximum Gasteiger partial charge on any atom is 0.324 e. The van der Waals surface area contributed by atoms with Crippen molar-refractivity contribution in [2.45, 2.75) is 37.6 Å². The average Bonchev–Trinajstić information content (AvgIpc) is 2.74. The van der Waals surface area contributed by atoms with Crippen LogP contribution in [0, 0.1) is 0 Å². The second-order valence-electron chi connectivity index (χ2n) is 6.83. The van der Waals surface area contributed by atoms with E-state index in [1.807, 2.05) is 6.92 Å². The summed E-state index contributed by atoms with van der Waals surface area (Å²) in [5.74, 6) is -1.53. The van der Waals surface area contributed by atoms with Crippen molar-refractivity contribution in [3.8, 4) is 0 Å². The van der Waals surface area contributed by atoms with Crippen LogP contribution in [0.4, 0.5) is 5.69 Å². The Morgan fingerprint density at radius 2 is 1.69 bits per heavy atom. The molecule has 0 radical (unpaired) electrons. The number of amides is 1. The fourth-order valence-electron chi connectivity index (χ4n) is 2.53. The topological polar surface area (TPSA) is 119 Å². The summed E-state index contributed by atoms with van der Waals surface area (Å²) in [6.07, 6.45) is 1.11. The van der Waals surface area contributed by atoms with E-state index in [4.69, 9.17) is 27.9 Å². The number of esters is 1. The van der Waals surface area contributed by atoms with Crippen LogP contribution in [0.5, 0.6) is 0 Å². The van der Waals surface area contributed by atoms with Gasteiger partial charge in [-0.05, 0) is 55.8 Å². The first kappa shape index (κ1) is 25.8. The number of sulfonamides is 1. The molecular formula is C21H22Cl2N2O6S. The summed E-state index contributed by atoms with van der Waals surface area (Å²) in [6.45, 7) is 2.61. The predicted octanol–water partition coefficient (Wildman–Crippen LogP) is 3.82. The third-order valence-electron chi connectivity index (χ3n) is 4.20. The Kier molecular flexibility index (Phi) is 9.21. The summed E-state index contributed by atoms with van der Waals surface area (Å²) < 4.78 is 31.9. The molecule has 32 heavy (non-hydrogen) atoms. The van der Waals surface area contributed by atoms with E-state index in [2.05, 4.69) is 10.0 Å². The molecule has 0 spiro atoms. The van der Waals surface area contributed by atoms with Crippen LogP contribution in [0.25, 0.3) is 0 Å². The lowest BCUT2D eigenvalue weighted by Crippen LogP contribution is -2.40. The number of hydrogen-bond donors (Lipinski definition) is 2. The zero-order valence-electron chi connectivity index (χ0n) is 17.4. The standard InChI is InChI=1S/C21H22Cl2N2O6S/c1-3-4-20(27)24-15-7-5-14(6-8-15)19(26)12-31-21(28)13(2)25-32(29,30)16-9-10-17(22)18(23)11-16/h5-11,13,25H,3-4,12H2,1-2H3,(H,24,27)/t13-/m0/s1. The Morgan fingerprint density at radius 3 is 2.28 bits per heavy atom. The zero-order chi connectivity index (χ0) is 23.9. The van der Waals surface area contributed by atoms with Gasteiger partial charge in [-0.2, -0.15) is 4.72 Å². The molecule has 2 rings (SSSR count). The fraction of sp³-hybridized carbons (Fsp3) is 0.286. The summed E-state index contributed by atoms with van der Waals surface area (Å²) in [6, 6.07) is 8.59. The van der Waals surface area contributed by atoms with E-state index in [1.54, 1.807) is 12.1 Å². The van der Waals surface area contributed by atoms with Gasteiger partial charge in [0.25, 0.3) is 0 Å². The monoisotopic (exact) mass is 500 g/mol. The highest BCUT2D eigenvalue weighted by molar-refractivity contribution is 7.89. The molecule has 8 nitrogen and oxygen atoms in total. The van der Waals surface area contributed by atoms with Gasteiger partial charge in [0.15, 0.2) is 12.4 Å². The van der Waals surface area contributed by atoms with Gasteiger partial charge < -0.3 is 10.1 Å². The van der Waals surface area contributed by atoms with Gasteiger partial charge in [0.1, 0.15) is 6.04 Å². The molecule has 0 fully saturated rings. The minimum Gasteiger partial charge on any atom is -0.456 e. The summed E-state index contributed by atoms with van der Waals surface area (Å²) in [5.41, 5.74) is 0.817. The number of rotatable bonds is 10. The molecule has 2 aromatic carbocycles. The Hall–Kier alpha value is -2.46. The number of benzene rings is 2. The third-order valence-corrected chi connectivity index (χ3v) is 6.48. The number of carbonyl (C=O) groups is 3. The minimum atomic E-state index is -4.07. The number of carbonyl (C=O) groups excluding carboxylic acids is 3. The number of ketones is 1. The van der Waals surface area contributed by atoms with Crippen molar-refractivity contribution in [1.82, 2.24) is 4.72 Å². The van der Waals surface area contributed by atoms with E-state index < -0.39 is 34.4 Å². The van der Waals surface area contributed by atoms with Crippen molar-refractivity contribution in [3.63, 3.8) is 0 Å². The van der Waals surface area contributed by atoms with Crippen LogP contribution >= 0.6 is 23.2 Å². The van der Waals surface area contributed by atoms with E-state index in [0.717, 1.165) is 12.5 Å². The van der Waals surface area contributed by atoms with Gasteiger partial charge in [-0.3, -0.25) is 14.4 Å². The number of hydrogen-bond acceptors (Lipinski definition) is 6. The average molecular weight is 501 g/mol. The van der Waals surface area contributed by atoms with Crippen LogP contribution in [-0.2, 0) is 24.3 Å².